The van der Waals surface area contributed by atoms with Crippen LogP contribution in [0, 0.1) is 6.92 Å². The summed E-state index contributed by atoms with van der Waals surface area (Å²) in [4.78, 5) is 8.51. The lowest BCUT2D eigenvalue weighted by Gasteiger charge is -2.10. The molecule has 112 valence electrons. The van der Waals surface area contributed by atoms with Crippen LogP contribution in [0.5, 0.6) is 5.88 Å². The molecule has 1 saturated heterocycles. The van der Waals surface area contributed by atoms with Crippen LogP contribution >= 0.6 is 0 Å². The average Bonchev–Trinajstić information content (AvgIpc) is 3.16. The Balaban J connectivity index is 1.49. The van der Waals surface area contributed by atoms with Crippen molar-refractivity contribution in [2.75, 3.05) is 31.7 Å². The SMILES string of the molecule is Cc1nonc1OCCNc1cc(C2CCOC2)ncn1. The molecule has 1 fully saturated rings. The first-order chi connectivity index (χ1) is 10.3. The maximum absolute atomic E-state index is 5.44. The zero-order chi connectivity index (χ0) is 14.5. The van der Waals surface area contributed by atoms with Crippen molar-refractivity contribution in [2.24, 2.45) is 0 Å². The molecule has 0 saturated carbocycles. The van der Waals surface area contributed by atoms with Gasteiger partial charge in [0.1, 0.15) is 24.4 Å². The molecule has 2 aromatic heterocycles. The molecule has 0 radical (unpaired) electrons. The number of rotatable bonds is 6. The molecule has 0 amide bonds. The van der Waals surface area contributed by atoms with E-state index in [2.05, 4.69) is 30.2 Å². The molecule has 1 N–H and O–H groups in total. The van der Waals surface area contributed by atoms with Crippen molar-refractivity contribution in [3.05, 3.63) is 23.8 Å². The Morgan fingerprint density at radius 1 is 1.38 bits per heavy atom. The topological polar surface area (TPSA) is 95.2 Å². The van der Waals surface area contributed by atoms with Crippen LogP contribution in [0.1, 0.15) is 23.7 Å². The molecule has 3 rings (SSSR count). The first-order valence-corrected chi connectivity index (χ1v) is 6.88. The minimum Gasteiger partial charge on any atom is -0.472 e. The van der Waals surface area contributed by atoms with Gasteiger partial charge in [-0.1, -0.05) is 5.16 Å². The molecule has 1 aliphatic heterocycles. The second kappa shape index (κ2) is 6.49. The van der Waals surface area contributed by atoms with E-state index in [1.807, 2.05) is 6.07 Å². The van der Waals surface area contributed by atoms with Crippen LogP contribution in [0.4, 0.5) is 5.82 Å². The maximum Gasteiger partial charge on any atom is 0.278 e. The normalized spacial score (nSPS) is 17.9. The van der Waals surface area contributed by atoms with E-state index in [-0.39, 0.29) is 0 Å². The summed E-state index contributed by atoms with van der Waals surface area (Å²) in [6, 6.07) is 1.96. The van der Waals surface area contributed by atoms with Gasteiger partial charge in [0.2, 0.25) is 0 Å². The van der Waals surface area contributed by atoms with Gasteiger partial charge >= 0.3 is 0 Å². The van der Waals surface area contributed by atoms with Crippen molar-refractivity contribution in [3.8, 4) is 5.88 Å². The largest absolute Gasteiger partial charge is 0.472 e. The van der Waals surface area contributed by atoms with E-state index >= 15 is 0 Å². The van der Waals surface area contributed by atoms with Gasteiger partial charge in [-0.2, -0.15) is 0 Å². The van der Waals surface area contributed by atoms with Crippen LogP contribution in [0.15, 0.2) is 17.0 Å². The highest BCUT2D eigenvalue weighted by atomic mass is 16.6. The summed E-state index contributed by atoms with van der Waals surface area (Å²) in [5.74, 6) is 1.57. The summed E-state index contributed by atoms with van der Waals surface area (Å²) < 4.78 is 15.4. The smallest absolute Gasteiger partial charge is 0.278 e. The second-order valence-electron chi connectivity index (χ2n) is 4.82. The fourth-order valence-corrected chi connectivity index (χ4v) is 2.14. The van der Waals surface area contributed by atoms with Crippen molar-refractivity contribution < 1.29 is 14.1 Å². The molecule has 0 aromatic carbocycles. The summed E-state index contributed by atoms with van der Waals surface area (Å²) in [6.45, 7) is 4.36. The molecular formula is C13H17N5O3. The number of aryl methyl sites for hydroxylation is 1. The highest BCUT2D eigenvalue weighted by molar-refractivity contribution is 5.36. The van der Waals surface area contributed by atoms with Crippen LogP contribution in [-0.4, -0.2) is 46.6 Å². The molecule has 2 aromatic rings. The number of hydrogen-bond acceptors (Lipinski definition) is 8. The van der Waals surface area contributed by atoms with E-state index in [1.165, 1.54) is 0 Å². The fraction of sp³-hybridized carbons (Fsp3) is 0.538. The summed E-state index contributed by atoms with van der Waals surface area (Å²) in [5.41, 5.74) is 1.66. The predicted octanol–water partition coefficient (Wildman–Crippen LogP) is 1.16. The molecule has 0 aliphatic carbocycles. The molecule has 3 heterocycles. The molecular weight excluding hydrogens is 274 g/mol. The number of aromatic nitrogens is 4. The van der Waals surface area contributed by atoms with E-state index in [1.54, 1.807) is 13.3 Å². The molecule has 0 bridgehead atoms. The Labute approximate surface area is 121 Å². The van der Waals surface area contributed by atoms with Gasteiger partial charge in [0.25, 0.3) is 5.88 Å². The van der Waals surface area contributed by atoms with Crippen molar-refractivity contribution in [1.29, 1.82) is 0 Å². The number of anilines is 1. The van der Waals surface area contributed by atoms with Crippen LogP contribution in [0.2, 0.25) is 0 Å². The zero-order valence-electron chi connectivity index (χ0n) is 11.8. The Kier molecular flexibility index (Phi) is 4.25. The van der Waals surface area contributed by atoms with Gasteiger partial charge in [-0.25, -0.2) is 14.6 Å². The standard InChI is InChI=1S/C13H17N5O3/c1-9-13(18-21-17-9)20-5-3-14-12-6-11(15-8-16-12)10-2-4-19-7-10/h6,8,10H,2-5,7H2,1H3,(H,14,15,16). The van der Waals surface area contributed by atoms with Crippen LogP contribution in [-0.2, 0) is 4.74 Å². The Morgan fingerprint density at radius 2 is 2.33 bits per heavy atom. The van der Waals surface area contributed by atoms with E-state index in [4.69, 9.17) is 9.47 Å². The highest BCUT2D eigenvalue weighted by Crippen LogP contribution is 2.24. The second-order valence-corrected chi connectivity index (χ2v) is 4.82. The first kappa shape index (κ1) is 13.7. The fourth-order valence-electron chi connectivity index (χ4n) is 2.14. The Bertz CT molecular complexity index is 583. The number of nitrogens with zero attached hydrogens (tertiary/aromatic N) is 4. The minimum atomic E-state index is 0.369. The lowest BCUT2D eigenvalue weighted by Crippen LogP contribution is -2.13. The van der Waals surface area contributed by atoms with Crippen LogP contribution < -0.4 is 10.1 Å². The lowest BCUT2D eigenvalue weighted by molar-refractivity contribution is 0.193. The monoisotopic (exact) mass is 291 g/mol. The number of nitrogens with one attached hydrogen (secondary N) is 1. The van der Waals surface area contributed by atoms with E-state index in [9.17, 15) is 0 Å². The predicted molar refractivity (Wildman–Crippen MR) is 73.2 cm³/mol. The van der Waals surface area contributed by atoms with Crippen LogP contribution in [0.25, 0.3) is 0 Å². The molecule has 8 nitrogen and oxygen atoms in total. The zero-order valence-corrected chi connectivity index (χ0v) is 11.8. The molecule has 8 heteroatoms. The molecule has 1 atom stereocenters. The summed E-state index contributed by atoms with van der Waals surface area (Å²) in [7, 11) is 0. The number of hydrogen-bond donors (Lipinski definition) is 1. The van der Waals surface area contributed by atoms with Gasteiger partial charge in [0.15, 0.2) is 0 Å². The van der Waals surface area contributed by atoms with Crippen molar-refractivity contribution in [1.82, 2.24) is 20.3 Å². The molecule has 1 unspecified atom stereocenters. The summed E-state index contributed by atoms with van der Waals surface area (Å²) >= 11 is 0. The summed E-state index contributed by atoms with van der Waals surface area (Å²) in [5, 5.41) is 10.5. The Hall–Kier alpha value is -2.22. The quantitative estimate of drug-likeness (QED) is 0.792. The van der Waals surface area contributed by atoms with E-state index < -0.39 is 0 Å². The average molecular weight is 291 g/mol. The summed E-state index contributed by atoms with van der Waals surface area (Å²) in [6.07, 6.45) is 2.58. The van der Waals surface area contributed by atoms with Crippen molar-refractivity contribution in [2.45, 2.75) is 19.3 Å². The van der Waals surface area contributed by atoms with E-state index in [0.29, 0.717) is 30.6 Å². The first-order valence-electron chi connectivity index (χ1n) is 6.88. The van der Waals surface area contributed by atoms with Gasteiger partial charge in [0, 0.05) is 18.6 Å². The Morgan fingerprint density at radius 3 is 3.10 bits per heavy atom. The maximum atomic E-state index is 5.44. The van der Waals surface area contributed by atoms with Gasteiger partial charge in [-0.3, -0.25) is 0 Å². The van der Waals surface area contributed by atoms with Crippen LogP contribution in [0.3, 0.4) is 0 Å². The number of ether oxygens (including phenoxy) is 2. The molecule has 21 heavy (non-hydrogen) atoms. The third-order valence-corrected chi connectivity index (χ3v) is 3.29. The van der Waals surface area contributed by atoms with Crippen molar-refractivity contribution >= 4 is 5.82 Å². The van der Waals surface area contributed by atoms with Gasteiger partial charge < -0.3 is 14.8 Å². The van der Waals surface area contributed by atoms with E-state index in [0.717, 1.165) is 31.1 Å². The third kappa shape index (κ3) is 3.46. The third-order valence-electron chi connectivity index (χ3n) is 3.29. The molecule has 1 aliphatic rings. The van der Waals surface area contributed by atoms with Crippen molar-refractivity contribution in [3.63, 3.8) is 0 Å². The lowest BCUT2D eigenvalue weighted by atomic mass is 10.1. The highest BCUT2D eigenvalue weighted by Gasteiger charge is 2.19. The van der Waals surface area contributed by atoms with Gasteiger partial charge in [0.05, 0.1) is 18.8 Å². The van der Waals surface area contributed by atoms with Gasteiger partial charge in [-0.15, -0.1) is 0 Å². The van der Waals surface area contributed by atoms with Gasteiger partial charge in [-0.05, 0) is 18.5 Å². The molecule has 0 spiro atoms. The minimum absolute atomic E-state index is 0.369.